The number of carbonyl (C=O) groups is 1. The molecular formula is C26H31N3O2. The van der Waals surface area contributed by atoms with Crippen LogP contribution in [0, 0.1) is 11.8 Å². The summed E-state index contributed by atoms with van der Waals surface area (Å²) in [5.41, 5.74) is 4.42. The maximum absolute atomic E-state index is 12.8. The SMILES string of the molecule is CC1C=CC=C(C2N=C(N=C3CCC(C)C4=CC=CCC4O3)NC3=C2C(=O)CCC3)C1. The first-order valence-electron chi connectivity index (χ1n) is 11.7. The first kappa shape index (κ1) is 20.2. The molecule has 2 heterocycles. The molecule has 0 aromatic heterocycles. The van der Waals surface area contributed by atoms with E-state index >= 15 is 0 Å². The lowest BCUT2D eigenvalue weighted by molar-refractivity contribution is -0.116. The number of fused-ring (bicyclic) bond motifs is 1. The van der Waals surface area contributed by atoms with Crippen molar-refractivity contribution in [2.45, 2.75) is 70.9 Å². The van der Waals surface area contributed by atoms with E-state index in [0.717, 1.165) is 55.7 Å². The molecule has 0 spiro atoms. The number of aliphatic imine (C=N–C) groups is 2. The number of Topliss-reactive ketones (excluding diaryl/α,β-unsaturated/α-hetero) is 1. The largest absolute Gasteiger partial charge is 0.472 e. The van der Waals surface area contributed by atoms with Crippen LogP contribution in [-0.4, -0.2) is 29.8 Å². The molecule has 0 amide bonds. The summed E-state index contributed by atoms with van der Waals surface area (Å²) in [5, 5.41) is 3.38. The lowest BCUT2D eigenvalue weighted by Gasteiger charge is -2.31. The number of rotatable bonds is 1. The van der Waals surface area contributed by atoms with E-state index in [4.69, 9.17) is 14.7 Å². The topological polar surface area (TPSA) is 63.1 Å². The number of nitrogens with zero attached hydrogens (tertiary/aromatic N) is 2. The summed E-state index contributed by atoms with van der Waals surface area (Å²) in [6.45, 7) is 4.48. The van der Waals surface area contributed by atoms with Crippen molar-refractivity contribution in [1.82, 2.24) is 5.32 Å². The van der Waals surface area contributed by atoms with Gasteiger partial charge in [-0.1, -0.05) is 50.3 Å². The van der Waals surface area contributed by atoms with E-state index in [9.17, 15) is 4.79 Å². The van der Waals surface area contributed by atoms with Crippen LogP contribution >= 0.6 is 0 Å². The van der Waals surface area contributed by atoms with Crippen LogP contribution < -0.4 is 5.32 Å². The van der Waals surface area contributed by atoms with Gasteiger partial charge in [-0.2, -0.15) is 4.99 Å². The summed E-state index contributed by atoms with van der Waals surface area (Å²) < 4.78 is 6.34. The highest BCUT2D eigenvalue weighted by molar-refractivity contribution is 6.03. The zero-order valence-electron chi connectivity index (χ0n) is 18.4. The predicted molar refractivity (Wildman–Crippen MR) is 124 cm³/mol. The highest BCUT2D eigenvalue weighted by atomic mass is 16.5. The van der Waals surface area contributed by atoms with Gasteiger partial charge in [0.2, 0.25) is 5.96 Å². The van der Waals surface area contributed by atoms with Crippen molar-refractivity contribution in [3.05, 3.63) is 58.9 Å². The third-order valence-corrected chi connectivity index (χ3v) is 6.92. The summed E-state index contributed by atoms with van der Waals surface area (Å²) in [5.74, 6) is 2.50. The molecule has 5 rings (SSSR count). The van der Waals surface area contributed by atoms with Gasteiger partial charge in [0.1, 0.15) is 12.1 Å². The Labute approximate surface area is 184 Å². The zero-order valence-corrected chi connectivity index (χ0v) is 18.4. The molecule has 5 heteroatoms. The smallest absolute Gasteiger partial charge is 0.226 e. The van der Waals surface area contributed by atoms with E-state index in [1.165, 1.54) is 11.1 Å². The first-order valence-corrected chi connectivity index (χ1v) is 11.7. The van der Waals surface area contributed by atoms with Crippen molar-refractivity contribution in [3.8, 4) is 0 Å². The lowest BCUT2D eigenvalue weighted by Crippen LogP contribution is -2.38. The molecule has 5 aliphatic rings. The number of allylic oxidation sites excluding steroid dienone is 6. The molecule has 31 heavy (non-hydrogen) atoms. The second-order valence-corrected chi connectivity index (χ2v) is 9.34. The summed E-state index contributed by atoms with van der Waals surface area (Å²) in [7, 11) is 0. The van der Waals surface area contributed by atoms with Gasteiger partial charge in [0, 0.05) is 30.5 Å². The molecule has 1 fully saturated rings. The maximum Gasteiger partial charge on any atom is 0.226 e. The Morgan fingerprint density at radius 2 is 2.06 bits per heavy atom. The Hall–Kier alpha value is -2.69. The van der Waals surface area contributed by atoms with Crippen LogP contribution in [0.1, 0.15) is 58.8 Å². The average Bonchev–Trinajstić information content (AvgIpc) is 2.92. The standard InChI is InChI=1S/C26H31N3O2/c1-16-7-5-8-18(15-16)25-24-20(10-6-11-21(24)30)27-26(29-25)28-23-14-13-17(2)19-9-3-4-12-22(19)31-23/h3-5,7-9,16-17,22,25H,6,10-15H2,1-2H3,(H,27,29). The maximum atomic E-state index is 12.8. The lowest BCUT2D eigenvalue weighted by atomic mass is 9.82. The van der Waals surface area contributed by atoms with Gasteiger partial charge in [-0.25, -0.2) is 4.99 Å². The van der Waals surface area contributed by atoms with Crippen LogP contribution in [0.25, 0.3) is 0 Å². The van der Waals surface area contributed by atoms with Gasteiger partial charge in [0.05, 0.1) is 0 Å². The molecule has 0 aromatic carbocycles. The minimum atomic E-state index is -0.228. The summed E-state index contributed by atoms with van der Waals surface area (Å²) in [6.07, 6.45) is 19.0. The first-order chi connectivity index (χ1) is 15.1. The normalized spacial score (nSPS) is 34.1. The van der Waals surface area contributed by atoms with Crippen molar-refractivity contribution in [3.63, 3.8) is 0 Å². The predicted octanol–water partition coefficient (Wildman–Crippen LogP) is 4.94. The van der Waals surface area contributed by atoms with Crippen molar-refractivity contribution >= 4 is 17.6 Å². The van der Waals surface area contributed by atoms with Crippen LogP contribution in [-0.2, 0) is 9.53 Å². The van der Waals surface area contributed by atoms with Crippen LogP contribution in [0.15, 0.2) is 68.9 Å². The molecule has 0 saturated carbocycles. The van der Waals surface area contributed by atoms with Gasteiger partial charge in [0.15, 0.2) is 11.7 Å². The second kappa shape index (κ2) is 8.45. The molecule has 3 aliphatic carbocycles. The van der Waals surface area contributed by atoms with E-state index in [1.807, 2.05) is 0 Å². The number of ether oxygens (including phenoxy) is 1. The molecule has 4 atom stereocenters. The van der Waals surface area contributed by atoms with Gasteiger partial charge < -0.3 is 10.1 Å². The fourth-order valence-corrected chi connectivity index (χ4v) is 5.22. The van der Waals surface area contributed by atoms with Crippen molar-refractivity contribution in [2.24, 2.45) is 21.8 Å². The third kappa shape index (κ3) is 4.10. The highest BCUT2D eigenvalue weighted by Crippen LogP contribution is 2.35. The zero-order chi connectivity index (χ0) is 21.4. The van der Waals surface area contributed by atoms with Crippen LogP contribution in [0.3, 0.4) is 0 Å². The summed E-state index contributed by atoms with van der Waals surface area (Å²) in [4.78, 5) is 22.6. The Kier molecular flexibility index (Phi) is 5.51. The molecule has 1 N–H and O–H groups in total. The van der Waals surface area contributed by atoms with Crippen molar-refractivity contribution in [1.29, 1.82) is 0 Å². The molecule has 5 nitrogen and oxygen atoms in total. The van der Waals surface area contributed by atoms with Gasteiger partial charge in [-0.3, -0.25) is 4.79 Å². The molecular weight excluding hydrogens is 386 g/mol. The Bertz CT molecular complexity index is 992. The molecule has 0 bridgehead atoms. The number of nitrogens with one attached hydrogen (secondary N) is 1. The number of guanidine groups is 1. The number of hydrogen-bond donors (Lipinski definition) is 1. The number of ketones is 1. The quantitative estimate of drug-likeness (QED) is 0.657. The molecule has 1 saturated heterocycles. The molecule has 162 valence electrons. The number of hydrogen-bond acceptors (Lipinski definition) is 5. The van der Waals surface area contributed by atoms with Gasteiger partial charge >= 0.3 is 0 Å². The van der Waals surface area contributed by atoms with E-state index < -0.39 is 0 Å². The Morgan fingerprint density at radius 3 is 2.94 bits per heavy atom. The Morgan fingerprint density at radius 1 is 1.16 bits per heavy atom. The monoisotopic (exact) mass is 417 g/mol. The van der Waals surface area contributed by atoms with Gasteiger partial charge in [0.25, 0.3) is 0 Å². The summed E-state index contributed by atoms with van der Waals surface area (Å²) >= 11 is 0. The van der Waals surface area contributed by atoms with Crippen molar-refractivity contribution in [2.75, 3.05) is 0 Å². The molecule has 0 radical (unpaired) electrons. The fraction of sp³-hybridized carbons (Fsp3) is 0.500. The van der Waals surface area contributed by atoms with Crippen LogP contribution in [0.5, 0.6) is 0 Å². The van der Waals surface area contributed by atoms with E-state index in [1.54, 1.807) is 0 Å². The van der Waals surface area contributed by atoms with Gasteiger partial charge in [-0.15, -0.1) is 0 Å². The third-order valence-electron chi connectivity index (χ3n) is 6.92. The number of carbonyl (C=O) groups excluding carboxylic acids is 1. The molecule has 0 aromatic rings. The Balaban J connectivity index is 1.46. The van der Waals surface area contributed by atoms with E-state index in [0.29, 0.717) is 24.2 Å². The average molecular weight is 418 g/mol. The highest BCUT2D eigenvalue weighted by Gasteiger charge is 2.35. The van der Waals surface area contributed by atoms with Crippen LogP contribution in [0.2, 0.25) is 0 Å². The fourth-order valence-electron chi connectivity index (χ4n) is 5.22. The second-order valence-electron chi connectivity index (χ2n) is 9.34. The van der Waals surface area contributed by atoms with E-state index in [2.05, 4.69) is 55.6 Å². The minimum absolute atomic E-state index is 0.0688. The van der Waals surface area contributed by atoms with E-state index in [-0.39, 0.29) is 17.9 Å². The molecule has 4 unspecified atom stereocenters. The van der Waals surface area contributed by atoms with Crippen molar-refractivity contribution < 1.29 is 9.53 Å². The molecule has 2 aliphatic heterocycles. The van der Waals surface area contributed by atoms with Gasteiger partial charge in [-0.05, 0) is 48.7 Å². The minimum Gasteiger partial charge on any atom is -0.472 e. The van der Waals surface area contributed by atoms with Crippen LogP contribution in [0.4, 0.5) is 0 Å². The summed E-state index contributed by atoms with van der Waals surface area (Å²) in [6, 6.07) is -0.228.